The number of aliphatic hydroxyl groups excluding tert-OH is 1. The Labute approximate surface area is 198 Å². The average molecular weight is 467 g/mol. The van der Waals surface area contributed by atoms with Crippen LogP contribution in [0, 0.1) is 5.92 Å². The van der Waals surface area contributed by atoms with Gasteiger partial charge in [-0.25, -0.2) is 4.79 Å². The first kappa shape index (κ1) is 23.8. The number of hydrogen-bond acceptors (Lipinski definition) is 5. The van der Waals surface area contributed by atoms with Gasteiger partial charge in [0.05, 0.1) is 12.0 Å². The number of fused-ring (bicyclic) bond motifs is 3. The number of alkyl carbamates (subject to hydrolysis) is 1. The summed E-state index contributed by atoms with van der Waals surface area (Å²) in [4.78, 5) is 38.0. The quantitative estimate of drug-likeness (QED) is 0.578. The lowest BCUT2D eigenvalue weighted by Crippen LogP contribution is -2.50. The fraction of sp³-hybridized carbons (Fsp3) is 0.423. The number of amides is 2. The number of nitrogens with zero attached hydrogens (tertiary/aromatic N) is 1. The summed E-state index contributed by atoms with van der Waals surface area (Å²) in [6.07, 6.45) is -0.805. The number of aliphatic carboxylic acids is 1. The lowest BCUT2D eigenvalue weighted by molar-refractivity contribution is -0.148. The molecule has 0 bridgehead atoms. The van der Waals surface area contributed by atoms with E-state index in [1.807, 2.05) is 43.3 Å². The van der Waals surface area contributed by atoms with Gasteiger partial charge in [0.15, 0.2) is 0 Å². The van der Waals surface area contributed by atoms with Crippen molar-refractivity contribution >= 4 is 18.0 Å². The summed E-state index contributed by atoms with van der Waals surface area (Å²) >= 11 is 0. The number of likely N-dealkylation sites (tertiary alicyclic amines) is 1. The van der Waals surface area contributed by atoms with Gasteiger partial charge in [-0.15, -0.1) is 0 Å². The predicted octanol–water partition coefficient (Wildman–Crippen LogP) is 2.99. The van der Waals surface area contributed by atoms with Crippen molar-refractivity contribution < 1.29 is 29.3 Å². The van der Waals surface area contributed by atoms with Crippen LogP contribution >= 0.6 is 0 Å². The minimum atomic E-state index is -1.03. The maximum Gasteiger partial charge on any atom is 0.407 e. The third kappa shape index (κ3) is 5.07. The summed E-state index contributed by atoms with van der Waals surface area (Å²) < 4.78 is 5.57. The van der Waals surface area contributed by atoms with E-state index >= 15 is 0 Å². The van der Waals surface area contributed by atoms with E-state index in [-0.39, 0.29) is 44.4 Å². The second-order valence-corrected chi connectivity index (χ2v) is 9.00. The van der Waals surface area contributed by atoms with Gasteiger partial charge in [0.1, 0.15) is 6.61 Å². The van der Waals surface area contributed by atoms with Gasteiger partial charge < -0.3 is 25.2 Å². The van der Waals surface area contributed by atoms with E-state index in [9.17, 15) is 24.6 Å². The van der Waals surface area contributed by atoms with Gasteiger partial charge in [-0.2, -0.15) is 0 Å². The van der Waals surface area contributed by atoms with Crippen LogP contribution in [0.2, 0.25) is 0 Å². The first-order valence-corrected chi connectivity index (χ1v) is 11.7. The zero-order valence-corrected chi connectivity index (χ0v) is 19.1. The molecule has 2 aromatic rings. The van der Waals surface area contributed by atoms with Crippen LogP contribution in [-0.2, 0) is 14.3 Å². The Kier molecular flexibility index (Phi) is 7.17. The molecule has 1 fully saturated rings. The Hall–Kier alpha value is -3.39. The number of nitrogens with one attached hydrogen (secondary N) is 1. The highest BCUT2D eigenvalue weighted by Gasteiger charge is 2.34. The van der Waals surface area contributed by atoms with Gasteiger partial charge >= 0.3 is 12.1 Å². The predicted molar refractivity (Wildman–Crippen MR) is 125 cm³/mol. The Morgan fingerprint density at radius 2 is 1.68 bits per heavy atom. The number of carbonyl (C=O) groups excluding carboxylic acids is 2. The molecule has 1 saturated heterocycles. The van der Waals surface area contributed by atoms with Crippen molar-refractivity contribution in [2.75, 3.05) is 19.7 Å². The van der Waals surface area contributed by atoms with E-state index in [1.54, 1.807) is 0 Å². The number of ether oxygens (including phenoxy) is 1. The molecule has 0 aromatic heterocycles. The van der Waals surface area contributed by atoms with Crippen LogP contribution in [0.1, 0.15) is 43.2 Å². The topological polar surface area (TPSA) is 116 Å². The third-order valence-electron chi connectivity index (χ3n) is 6.71. The first-order valence-electron chi connectivity index (χ1n) is 11.7. The molecule has 1 heterocycles. The van der Waals surface area contributed by atoms with Gasteiger partial charge in [-0.3, -0.25) is 9.59 Å². The number of benzene rings is 2. The lowest BCUT2D eigenvalue weighted by Gasteiger charge is -2.34. The Balaban J connectivity index is 1.33. The Morgan fingerprint density at radius 1 is 1.06 bits per heavy atom. The highest BCUT2D eigenvalue weighted by Crippen LogP contribution is 2.44. The largest absolute Gasteiger partial charge is 0.481 e. The second kappa shape index (κ2) is 10.3. The van der Waals surface area contributed by atoms with Crippen LogP contribution in [0.3, 0.4) is 0 Å². The van der Waals surface area contributed by atoms with E-state index in [4.69, 9.17) is 4.74 Å². The second-order valence-electron chi connectivity index (χ2n) is 9.00. The van der Waals surface area contributed by atoms with Crippen molar-refractivity contribution in [3.8, 4) is 11.1 Å². The van der Waals surface area contributed by atoms with E-state index in [1.165, 1.54) is 4.90 Å². The molecule has 0 spiro atoms. The molecule has 2 aliphatic rings. The zero-order valence-electron chi connectivity index (χ0n) is 19.1. The van der Waals surface area contributed by atoms with Gasteiger partial charge in [0.2, 0.25) is 5.91 Å². The minimum absolute atomic E-state index is 0.0136. The molecule has 2 amide bonds. The summed E-state index contributed by atoms with van der Waals surface area (Å²) in [5, 5.41) is 22.0. The summed E-state index contributed by atoms with van der Waals surface area (Å²) in [6.45, 7) is 2.20. The first-order chi connectivity index (χ1) is 16.4. The number of carboxylic acid groups (broad SMARTS) is 1. The van der Waals surface area contributed by atoms with Crippen LogP contribution in [-0.4, -0.2) is 64.9 Å². The lowest BCUT2D eigenvalue weighted by atomic mass is 9.95. The fourth-order valence-corrected chi connectivity index (χ4v) is 4.90. The van der Waals surface area contributed by atoms with Gasteiger partial charge in [0, 0.05) is 31.5 Å². The van der Waals surface area contributed by atoms with E-state index in [2.05, 4.69) is 17.4 Å². The average Bonchev–Trinajstić information content (AvgIpc) is 3.15. The van der Waals surface area contributed by atoms with E-state index in [0.29, 0.717) is 6.42 Å². The summed E-state index contributed by atoms with van der Waals surface area (Å²) in [5.74, 6) is -2.17. The summed E-state index contributed by atoms with van der Waals surface area (Å²) in [6, 6.07) is 15.7. The van der Waals surface area contributed by atoms with E-state index < -0.39 is 30.1 Å². The molecule has 8 nitrogen and oxygen atoms in total. The number of rotatable bonds is 7. The highest BCUT2D eigenvalue weighted by molar-refractivity contribution is 5.80. The van der Waals surface area contributed by atoms with Crippen LogP contribution in [0.25, 0.3) is 11.1 Å². The Bertz CT molecular complexity index is 1030. The highest BCUT2D eigenvalue weighted by atomic mass is 16.5. The molecule has 3 N–H and O–H groups in total. The van der Waals surface area contributed by atoms with Crippen molar-refractivity contribution in [2.45, 2.75) is 44.2 Å². The van der Waals surface area contributed by atoms with Crippen LogP contribution < -0.4 is 5.32 Å². The van der Waals surface area contributed by atoms with Crippen molar-refractivity contribution in [3.63, 3.8) is 0 Å². The summed E-state index contributed by atoms with van der Waals surface area (Å²) in [7, 11) is 0. The molecule has 3 atom stereocenters. The molecule has 3 unspecified atom stereocenters. The van der Waals surface area contributed by atoms with Crippen LogP contribution in [0.4, 0.5) is 4.79 Å². The number of hydrogen-bond donors (Lipinski definition) is 3. The number of carboxylic acids is 1. The standard InChI is InChI=1S/C26H30N2O6/c1-2-17(12-24(30)28-13-16(25(31)32)11-18(29)14-28)27-26(33)34-15-23-21-9-5-3-7-19(21)20-8-4-6-10-22(20)23/h3-10,16-18,23,29H,2,11-15H2,1H3,(H,27,33)(H,31,32). The molecular weight excluding hydrogens is 436 g/mol. The van der Waals surface area contributed by atoms with Crippen LogP contribution in [0.5, 0.6) is 0 Å². The van der Waals surface area contributed by atoms with Gasteiger partial charge in [0.25, 0.3) is 0 Å². The zero-order chi connectivity index (χ0) is 24.2. The Morgan fingerprint density at radius 3 is 2.26 bits per heavy atom. The van der Waals surface area contributed by atoms with Crippen LogP contribution in [0.15, 0.2) is 48.5 Å². The smallest absolute Gasteiger partial charge is 0.407 e. The molecule has 0 radical (unpaired) electrons. The number of carbonyl (C=O) groups is 3. The molecular formula is C26H30N2O6. The molecule has 2 aromatic carbocycles. The molecule has 1 aliphatic carbocycles. The van der Waals surface area contributed by atoms with Crippen molar-refractivity contribution in [1.29, 1.82) is 0 Å². The van der Waals surface area contributed by atoms with Crippen molar-refractivity contribution in [1.82, 2.24) is 10.2 Å². The fourth-order valence-electron chi connectivity index (χ4n) is 4.90. The number of piperidine rings is 1. The van der Waals surface area contributed by atoms with E-state index in [0.717, 1.165) is 22.3 Å². The molecule has 1 aliphatic heterocycles. The van der Waals surface area contributed by atoms with Crippen molar-refractivity contribution in [3.05, 3.63) is 59.7 Å². The molecule has 8 heteroatoms. The SMILES string of the molecule is CCC(CC(=O)N1CC(O)CC(C(=O)O)C1)NC(=O)OCC1c2ccccc2-c2ccccc21. The summed E-state index contributed by atoms with van der Waals surface area (Å²) in [5.41, 5.74) is 4.53. The monoisotopic (exact) mass is 466 g/mol. The minimum Gasteiger partial charge on any atom is -0.481 e. The van der Waals surface area contributed by atoms with Crippen molar-refractivity contribution in [2.24, 2.45) is 5.92 Å². The van der Waals surface area contributed by atoms with Gasteiger partial charge in [-0.1, -0.05) is 55.5 Å². The normalized spacial score (nSPS) is 20.2. The number of β-amino-alcohol motifs (C(OH)–C–C–N with tert-alkyl or cyclic N) is 1. The molecule has 0 saturated carbocycles. The maximum atomic E-state index is 12.7. The molecule has 4 rings (SSSR count). The maximum absolute atomic E-state index is 12.7. The van der Waals surface area contributed by atoms with Gasteiger partial charge in [-0.05, 0) is 35.1 Å². The number of aliphatic hydroxyl groups is 1. The molecule has 34 heavy (non-hydrogen) atoms. The molecule has 180 valence electrons. The third-order valence-corrected chi connectivity index (χ3v) is 6.71.